The SMILES string of the molecule is C[C@@H]1CN(c2cc(Oc3ccc(F)cc3Cl)ncn2)CCN1C(=O)C1CCC1. The Morgan fingerprint density at radius 2 is 2.07 bits per heavy atom. The van der Waals surface area contributed by atoms with Crippen LogP contribution in [0.15, 0.2) is 30.6 Å². The van der Waals surface area contributed by atoms with E-state index in [1.165, 1.54) is 24.5 Å². The molecule has 1 saturated heterocycles. The number of hydrogen-bond donors (Lipinski definition) is 0. The summed E-state index contributed by atoms with van der Waals surface area (Å²) in [4.78, 5) is 25.2. The average Bonchev–Trinajstić information content (AvgIpc) is 2.63. The fourth-order valence-corrected chi connectivity index (χ4v) is 3.82. The molecule has 148 valence electrons. The molecule has 8 heteroatoms. The molecule has 28 heavy (non-hydrogen) atoms. The van der Waals surface area contributed by atoms with Crippen LogP contribution < -0.4 is 9.64 Å². The highest BCUT2D eigenvalue weighted by molar-refractivity contribution is 6.32. The van der Waals surface area contributed by atoms with Crippen molar-refractivity contribution in [2.24, 2.45) is 5.92 Å². The molecule has 6 nitrogen and oxygen atoms in total. The third-order valence-electron chi connectivity index (χ3n) is 5.42. The van der Waals surface area contributed by atoms with Crippen molar-refractivity contribution in [1.29, 1.82) is 0 Å². The molecule has 1 saturated carbocycles. The number of amides is 1. The molecule has 2 aromatic rings. The van der Waals surface area contributed by atoms with Crippen molar-refractivity contribution in [1.82, 2.24) is 14.9 Å². The molecule has 2 heterocycles. The Morgan fingerprint density at radius 3 is 2.75 bits per heavy atom. The van der Waals surface area contributed by atoms with Crippen molar-refractivity contribution in [3.8, 4) is 11.6 Å². The van der Waals surface area contributed by atoms with Crippen LogP contribution in [0.25, 0.3) is 0 Å². The van der Waals surface area contributed by atoms with Gasteiger partial charge in [0.1, 0.15) is 23.7 Å². The second-order valence-corrected chi connectivity index (χ2v) is 7.75. The Kier molecular flexibility index (Phi) is 5.35. The molecule has 1 atom stereocenters. The molecule has 2 aliphatic rings. The Morgan fingerprint density at radius 1 is 1.25 bits per heavy atom. The van der Waals surface area contributed by atoms with Crippen molar-refractivity contribution in [2.75, 3.05) is 24.5 Å². The summed E-state index contributed by atoms with van der Waals surface area (Å²) in [6.45, 7) is 4.16. The van der Waals surface area contributed by atoms with Gasteiger partial charge in [-0.15, -0.1) is 0 Å². The van der Waals surface area contributed by atoms with E-state index in [9.17, 15) is 9.18 Å². The Bertz CT molecular complexity index is 877. The average molecular weight is 405 g/mol. The fraction of sp³-hybridized carbons (Fsp3) is 0.450. The standard InChI is InChI=1S/C20H22ClFN4O2/c1-13-11-25(7-8-26(13)20(27)14-3-2-4-14)18-10-19(24-12-23-18)28-17-6-5-15(22)9-16(17)21/h5-6,9-10,12-14H,2-4,7-8,11H2,1H3/t13-/m1/s1. The summed E-state index contributed by atoms with van der Waals surface area (Å²) in [5, 5.41) is 0.178. The van der Waals surface area contributed by atoms with E-state index in [1.807, 2.05) is 4.90 Å². The molecule has 1 aliphatic heterocycles. The highest BCUT2D eigenvalue weighted by Crippen LogP contribution is 2.32. The van der Waals surface area contributed by atoms with Crippen molar-refractivity contribution in [3.05, 3.63) is 41.4 Å². The van der Waals surface area contributed by atoms with Crippen LogP contribution in [0.3, 0.4) is 0 Å². The van der Waals surface area contributed by atoms with Crippen molar-refractivity contribution in [3.63, 3.8) is 0 Å². The van der Waals surface area contributed by atoms with Gasteiger partial charge in [-0.3, -0.25) is 4.79 Å². The molecular weight excluding hydrogens is 383 g/mol. The summed E-state index contributed by atoms with van der Waals surface area (Å²) in [5.41, 5.74) is 0. The maximum absolute atomic E-state index is 13.2. The van der Waals surface area contributed by atoms with E-state index < -0.39 is 5.82 Å². The van der Waals surface area contributed by atoms with Crippen LogP contribution in [-0.4, -0.2) is 46.5 Å². The Balaban J connectivity index is 1.44. The fourth-order valence-electron chi connectivity index (χ4n) is 3.61. The summed E-state index contributed by atoms with van der Waals surface area (Å²) in [6.07, 6.45) is 4.62. The summed E-state index contributed by atoms with van der Waals surface area (Å²) >= 11 is 6.02. The number of benzene rings is 1. The van der Waals surface area contributed by atoms with Crippen LogP contribution in [0.1, 0.15) is 26.2 Å². The highest BCUT2D eigenvalue weighted by atomic mass is 35.5. The summed E-state index contributed by atoms with van der Waals surface area (Å²) in [6, 6.07) is 5.79. The summed E-state index contributed by atoms with van der Waals surface area (Å²) in [7, 11) is 0. The van der Waals surface area contributed by atoms with Gasteiger partial charge >= 0.3 is 0 Å². The lowest BCUT2D eigenvalue weighted by molar-refractivity contribution is -0.140. The largest absolute Gasteiger partial charge is 0.437 e. The van der Waals surface area contributed by atoms with E-state index in [-0.39, 0.29) is 22.9 Å². The first-order valence-corrected chi connectivity index (χ1v) is 9.89. The van der Waals surface area contributed by atoms with E-state index in [4.69, 9.17) is 16.3 Å². The maximum Gasteiger partial charge on any atom is 0.226 e. The number of ether oxygens (including phenoxy) is 1. The Hall–Kier alpha value is -2.41. The summed E-state index contributed by atoms with van der Waals surface area (Å²) in [5.74, 6) is 1.47. The molecule has 1 aromatic heterocycles. The van der Waals surface area contributed by atoms with Crippen LogP contribution in [-0.2, 0) is 4.79 Å². The van der Waals surface area contributed by atoms with Gasteiger partial charge in [0, 0.05) is 37.7 Å². The minimum atomic E-state index is -0.427. The lowest BCUT2D eigenvalue weighted by Gasteiger charge is -2.43. The number of anilines is 1. The maximum atomic E-state index is 13.2. The van der Waals surface area contributed by atoms with Crippen molar-refractivity contribution in [2.45, 2.75) is 32.2 Å². The van der Waals surface area contributed by atoms with Gasteiger partial charge in [-0.1, -0.05) is 18.0 Å². The van der Waals surface area contributed by atoms with Gasteiger partial charge in [-0.25, -0.2) is 14.4 Å². The second kappa shape index (κ2) is 7.91. The zero-order valence-corrected chi connectivity index (χ0v) is 16.4. The lowest BCUT2D eigenvalue weighted by Crippen LogP contribution is -2.56. The quantitative estimate of drug-likeness (QED) is 0.773. The monoisotopic (exact) mass is 404 g/mol. The van der Waals surface area contributed by atoms with E-state index in [1.54, 1.807) is 6.07 Å². The van der Waals surface area contributed by atoms with Crippen LogP contribution >= 0.6 is 11.6 Å². The number of carbonyl (C=O) groups is 1. The molecule has 0 unspecified atom stereocenters. The number of nitrogens with zero attached hydrogens (tertiary/aromatic N) is 4. The van der Waals surface area contributed by atoms with Gasteiger partial charge in [0.05, 0.1) is 5.02 Å². The molecule has 2 fully saturated rings. The van der Waals surface area contributed by atoms with Crippen LogP contribution in [0, 0.1) is 11.7 Å². The smallest absolute Gasteiger partial charge is 0.226 e. The normalized spacial score (nSPS) is 20.0. The van der Waals surface area contributed by atoms with E-state index in [0.29, 0.717) is 31.3 Å². The predicted octanol–water partition coefficient (Wildman–Crippen LogP) is 3.90. The van der Waals surface area contributed by atoms with Gasteiger partial charge in [-0.05, 0) is 38.0 Å². The minimum Gasteiger partial charge on any atom is -0.437 e. The highest BCUT2D eigenvalue weighted by Gasteiger charge is 2.34. The first-order chi connectivity index (χ1) is 13.5. The number of aromatic nitrogens is 2. The number of hydrogen-bond acceptors (Lipinski definition) is 5. The molecule has 0 spiro atoms. The molecule has 1 amide bonds. The first-order valence-electron chi connectivity index (χ1n) is 9.51. The third kappa shape index (κ3) is 3.90. The van der Waals surface area contributed by atoms with E-state index >= 15 is 0 Å². The van der Waals surface area contributed by atoms with E-state index in [2.05, 4.69) is 21.8 Å². The Labute approximate surface area is 168 Å². The van der Waals surface area contributed by atoms with Gasteiger partial charge in [0.2, 0.25) is 11.8 Å². The number of halogens is 2. The third-order valence-corrected chi connectivity index (χ3v) is 5.72. The van der Waals surface area contributed by atoms with Crippen LogP contribution in [0.4, 0.5) is 10.2 Å². The van der Waals surface area contributed by atoms with Crippen molar-refractivity contribution >= 4 is 23.3 Å². The van der Waals surface area contributed by atoms with Gasteiger partial charge in [-0.2, -0.15) is 0 Å². The molecular formula is C20H22ClFN4O2. The number of carbonyl (C=O) groups excluding carboxylic acids is 1. The minimum absolute atomic E-state index is 0.118. The van der Waals surface area contributed by atoms with Gasteiger partial charge in [0.15, 0.2) is 0 Å². The van der Waals surface area contributed by atoms with Crippen LogP contribution in [0.2, 0.25) is 5.02 Å². The van der Waals surface area contributed by atoms with Crippen molar-refractivity contribution < 1.29 is 13.9 Å². The zero-order chi connectivity index (χ0) is 19.7. The van der Waals surface area contributed by atoms with Gasteiger partial charge < -0.3 is 14.5 Å². The lowest BCUT2D eigenvalue weighted by atomic mass is 9.84. The molecule has 0 N–H and O–H groups in total. The molecule has 0 radical (unpaired) electrons. The molecule has 4 rings (SSSR count). The van der Waals surface area contributed by atoms with E-state index in [0.717, 1.165) is 25.1 Å². The molecule has 1 aromatic carbocycles. The second-order valence-electron chi connectivity index (χ2n) is 7.35. The first kappa shape index (κ1) is 18.9. The topological polar surface area (TPSA) is 58.6 Å². The molecule has 0 bridgehead atoms. The van der Waals surface area contributed by atoms with Gasteiger partial charge in [0.25, 0.3) is 0 Å². The zero-order valence-electron chi connectivity index (χ0n) is 15.6. The predicted molar refractivity (Wildman–Crippen MR) is 104 cm³/mol. The number of piperazine rings is 1. The number of rotatable bonds is 4. The summed E-state index contributed by atoms with van der Waals surface area (Å²) < 4.78 is 18.9. The van der Waals surface area contributed by atoms with Crippen LogP contribution in [0.5, 0.6) is 11.6 Å². The molecule has 1 aliphatic carbocycles.